The Balaban J connectivity index is 1.68. The van der Waals surface area contributed by atoms with Crippen LogP contribution in [0.5, 0.6) is 0 Å². The van der Waals surface area contributed by atoms with Crippen molar-refractivity contribution in [1.29, 1.82) is 0 Å². The summed E-state index contributed by atoms with van der Waals surface area (Å²) in [5.74, 6) is -0.0627. The van der Waals surface area contributed by atoms with E-state index in [1.807, 2.05) is 0 Å². The fraction of sp³-hybridized carbons (Fsp3) is 0.522. The van der Waals surface area contributed by atoms with Crippen LogP contribution in [0.4, 0.5) is 0 Å². The maximum Gasteiger partial charge on any atom is 0.356 e. The van der Waals surface area contributed by atoms with Gasteiger partial charge in [-0.3, -0.25) is 4.98 Å². The van der Waals surface area contributed by atoms with E-state index < -0.39 is 5.97 Å². The van der Waals surface area contributed by atoms with Crippen molar-refractivity contribution < 1.29 is 14.6 Å². The maximum absolute atomic E-state index is 11.8. The van der Waals surface area contributed by atoms with Gasteiger partial charge in [-0.2, -0.15) is 0 Å². The average molecular weight is 380 g/mol. The van der Waals surface area contributed by atoms with Gasteiger partial charge < -0.3 is 9.84 Å². The molecule has 0 unspecified atom stereocenters. The van der Waals surface area contributed by atoms with E-state index >= 15 is 0 Å². The van der Waals surface area contributed by atoms with Crippen molar-refractivity contribution in [3.05, 3.63) is 58.2 Å². The molecule has 1 saturated heterocycles. The Bertz CT molecular complexity index is 855. The quantitative estimate of drug-likeness (QED) is 0.766. The van der Waals surface area contributed by atoms with Crippen LogP contribution in [0.25, 0.3) is 0 Å². The highest BCUT2D eigenvalue weighted by Crippen LogP contribution is 2.39. The van der Waals surface area contributed by atoms with E-state index in [2.05, 4.69) is 35.1 Å². The molecule has 4 rings (SSSR count). The van der Waals surface area contributed by atoms with Crippen molar-refractivity contribution in [2.75, 3.05) is 13.2 Å². The Morgan fingerprint density at radius 3 is 2.64 bits per heavy atom. The Morgan fingerprint density at radius 2 is 1.96 bits per heavy atom. The number of nitrogens with zero attached hydrogens (tertiary/aromatic N) is 2. The van der Waals surface area contributed by atoms with E-state index in [0.717, 1.165) is 57.4 Å². The molecule has 0 spiro atoms. The van der Waals surface area contributed by atoms with Crippen LogP contribution in [0.2, 0.25) is 0 Å². The van der Waals surface area contributed by atoms with Crippen molar-refractivity contribution in [3.8, 4) is 0 Å². The van der Waals surface area contributed by atoms with Crippen LogP contribution in [0.15, 0.2) is 24.4 Å². The minimum absolute atomic E-state index is 0.114. The number of aromatic carboxylic acids is 1. The highest BCUT2D eigenvalue weighted by atomic mass is 16.5. The molecular weight excluding hydrogens is 352 g/mol. The molecular formula is C23H28N2O3. The second-order valence-electron chi connectivity index (χ2n) is 7.97. The molecule has 1 aromatic heterocycles. The Hall–Kier alpha value is -2.27. The summed E-state index contributed by atoms with van der Waals surface area (Å²) in [7, 11) is 0. The molecule has 148 valence electrons. The predicted octanol–water partition coefficient (Wildman–Crippen LogP) is 4.49. The largest absolute Gasteiger partial charge is 0.476 e. The zero-order chi connectivity index (χ0) is 19.5. The van der Waals surface area contributed by atoms with Gasteiger partial charge in [0.05, 0.1) is 11.4 Å². The lowest BCUT2D eigenvalue weighted by molar-refractivity contribution is 0.0688. The SMILES string of the molecule is CCCc1c(Cc2ncc(C3CC3)nc2C(=O)O)cccc1C1CCOCC1. The van der Waals surface area contributed by atoms with Crippen molar-refractivity contribution in [2.45, 2.75) is 63.7 Å². The van der Waals surface area contributed by atoms with Gasteiger partial charge in [0.2, 0.25) is 0 Å². The van der Waals surface area contributed by atoms with Gasteiger partial charge in [0.15, 0.2) is 5.69 Å². The topological polar surface area (TPSA) is 72.3 Å². The minimum atomic E-state index is -0.984. The Labute approximate surface area is 166 Å². The van der Waals surface area contributed by atoms with E-state index in [-0.39, 0.29) is 5.69 Å². The van der Waals surface area contributed by atoms with Gasteiger partial charge in [0, 0.05) is 31.7 Å². The molecule has 1 aliphatic heterocycles. The summed E-state index contributed by atoms with van der Waals surface area (Å²) in [5.41, 5.74) is 5.46. The van der Waals surface area contributed by atoms with Crippen LogP contribution in [0.1, 0.15) is 89.4 Å². The molecule has 2 heterocycles. The fourth-order valence-electron chi connectivity index (χ4n) is 4.25. The summed E-state index contributed by atoms with van der Waals surface area (Å²) in [4.78, 5) is 20.8. The van der Waals surface area contributed by atoms with Gasteiger partial charge in [0.1, 0.15) is 0 Å². The summed E-state index contributed by atoms with van der Waals surface area (Å²) < 4.78 is 5.54. The molecule has 28 heavy (non-hydrogen) atoms. The second kappa shape index (κ2) is 8.39. The first kappa shape index (κ1) is 19.1. The highest BCUT2D eigenvalue weighted by Gasteiger charge is 2.28. The van der Waals surface area contributed by atoms with E-state index in [1.54, 1.807) is 6.20 Å². The number of rotatable bonds is 7. The first-order chi connectivity index (χ1) is 13.7. The number of ether oxygens (including phenoxy) is 1. The monoisotopic (exact) mass is 380 g/mol. The number of carbonyl (C=O) groups is 1. The first-order valence-corrected chi connectivity index (χ1v) is 10.4. The molecule has 2 aromatic rings. The number of benzene rings is 1. The van der Waals surface area contributed by atoms with Crippen LogP contribution in [-0.2, 0) is 17.6 Å². The van der Waals surface area contributed by atoms with Gasteiger partial charge >= 0.3 is 5.97 Å². The minimum Gasteiger partial charge on any atom is -0.476 e. The Kier molecular flexibility index (Phi) is 5.72. The fourth-order valence-corrected chi connectivity index (χ4v) is 4.25. The third-order valence-electron chi connectivity index (χ3n) is 5.89. The van der Waals surface area contributed by atoms with Gasteiger partial charge in [-0.25, -0.2) is 9.78 Å². The van der Waals surface area contributed by atoms with Crippen LogP contribution < -0.4 is 0 Å². The molecule has 2 aliphatic rings. The lowest BCUT2D eigenvalue weighted by atomic mass is 9.84. The summed E-state index contributed by atoms with van der Waals surface area (Å²) in [6.07, 6.45) is 8.63. The van der Waals surface area contributed by atoms with Crippen molar-refractivity contribution in [3.63, 3.8) is 0 Å². The van der Waals surface area contributed by atoms with Gasteiger partial charge in [-0.15, -0.1) is 0 Å². The normalized spacial score (nSPS) is 17.6. The number of carboxylic acids is 1. The van der Waals surface area contributed by atoms with Gasteiger partial charge in [-0.1, -0.05) is 31.5 Å². The highest BCUT2D eigenvalue weighted by molar-refractivity contribution is 5.86. The molecule has 0 bridgehead atoms. The molecule has 1 N–H and O–H groups in total. The molecule has 0 amide bonds. The molecule has 5 nitrogen and oxygen atoms in total. The lowest BCUT2D eigenvalue weighted by Gasteiger charge is -2.26. The van der Waals surface area contributed by atoms with Crippen molar-refractivity contribution in [2.24, 2.45) is 0 Å². The number of aromatic nitrogens is 2. The lowest BCUT2D eigenvalue weighted by Crippen LogP contribution is -2.17. The van der Waals surface area contributed by atoms with Crippen LogP contribution in [0.3, 0.4) is 0 Å². The zero-order valence-corrected chi connectivity index (χ0v) is 16.5. The number of hydrogen-bond donors (Lipinski definition) is 1. The van der Waals surface area contributed by atoms with E-state index in [9.17, 15) is 9.90 Å². The third-order valence-corrected chi connectivity index (χ3v) is 5.89. The summed E-state index contributed by atoms with van der Waals surface area (Å²) in [5, 5.41) is 9.69. The number of hydrogen-bond acceptors (Lipinski definition) is 4. The smallest absolute Gasteiger partial charge is 0.356 e. The Morgan fingerprint density at radius 1 is 1.18 bits per heavy atom. The summed E-state index contributed by atoms with van der Waals surface area (Å²) in [6, 6.07) is 6.46. The number of carboxylic acid groups (broad SMARTS) is 1. The summed E-state index contributed by atoms with van der Waals surface area (Å²) >= 11 is 0. The average Bonchev–Trinajstić information content (AvgIpc) is 3.55. The van der Waals surface area contributed by atoms with Crippen LogP contribution in [-0.4, -0.2) is 34.3 Å². The van der Waals surface area contributed by atoms with E-state index in [1.165, 1.54) is 16.7 Å². The van der Waals surface area contributed by atoms with Crippen LogP contribution >= 0.6 is 0 Å². The molecule has 0 atom stereocenters. The zero-order valence-electron chi connectivity index (χ0n) is 16.5. The molecule has 1 aliphatic carbocycles. The van der Waals surface area contributed by atoms with Crippen molar-refractivity contribution >= 4 is 5.97 Å². The molecule has 0 radical (unpaired) electrons. The van der Waals surface area contributed by atoms with Crippen molar-refractivity contribution in [1.82, 2.24) is 9.97 Å². The van der Waals surface area contributed by atoms with E-state index in [4.69, 9.17) is 4.74 Å². The second-order valence-corrected chi connectivity index (χ2v) is 7.97. The molecule has 1 saturated carbocycles. The molecule has 5 heteroatoms. The van der Waals surface area contributed by atoms with Gasteiger partial charge in [-0.05, 0) is 54.7 Å². The standard InChI is InChI=1S/C23H28N2O3/c1-2-4-18-17(5-3-6-19(18)15-9-11-28-12-10-15)13-20-22(23(26)27)25-21(14-24-20)16-7-8-16/h3,5-6,14-16H,2,4,7-13H2,1H3,(H,26,27). The van der Waals surface area contributed by atoms with Gasteiger partial charge in [0.25, 0.3) is 0 Å². The van der Waals surface area contributed by atoms with E-state index in [0.29, 0.717) is 24.0 Å². The maximum atomic E-state index is 11.8. The first-order valence-electron chi connectivity index (χ1n) is 10.4. The molecule has 2 fully saturated rings. The predicted molar refractivity (Wildman–Crippen MR) is 107 cm³/mol. The third kappa shape index (κ3) is 4.09. The summed E-state index contributed by atoms with van der Waals surface area (Å²) in [6.45, 7) is 3.83. The van der Waals surface area contributed by atoms with Crippen LogP contribution in [0, 0.1) is 0 Å². The molecule has 1 aromatic carbocycles.